The largest absolute Gasteiger partial charge is 0.472 e. The van der Waals surface area contributed by atoms with E-state index in [2.05, 4.69) is 4.98 Å². The molecule has 1 aromatic carbocycles. The van der Waals surface area contributed by atoms with E-state index in [0.717, 1.165) is 12.5 Å². The van der Waals surface area contributed by atoms with E-state index in [1.54, 1.807) is 24.3 Å². The lowest BCUT2D eigenvalue weighted by Crippen LogP contribution is -2.25. The summed E-state index contributed by atoms with van der Waals surface area (Å²) in [6, 6.07) is 8.09. The standard InChI is InChI=1S/C21H17F3N2O3/c1-21(23,24)12-29-19-18-15(4-6-25-19)10-26(20(18)27)9-14-3-2-13(8-17(14)22)16-5-7-28-11-16/h2-8,11H,9-10,12H2,1H3. The SMILES string of the molecule is CC(F)(F)COc1nccc2c1C(=O)N(Cc1ccc(-c3ccoc3)cc1F)C2. The predicted octanol–water partition coefficient (Wildman–Crippen LogP) is 4.67. The highest BCUT2D eigenvalue weighted by atomic mass is 19.3. The first-order valence-electron chi connectivity index (χ1n) is 8.90. The molecule has 0 unspecified atom stereocenters. The summed E-state index contributed by atoms with van der Waals surface area (Å²) in [6.45, 7) is 0.0982. The maximum absolute atomic E-state index is 14.6. The zero-order chi connectivity index (χ0) is 20.6. The van der Waals surface area contributed by atoms with Gasteiger partial charge in [-0.15, -0.1) is 0 Å². The zero-order valence-electron chi connectivity index (χ0n) is 15.5. The number of hydrogen-bond acceptors (Lipinski definition) is 4. The van der Waals surface area contributed by atoms with Crippen LogP contribution in [0, 0.1) is 5.82 Å². The van der Waals surface area contributed by atoms with Crippen molar-refractivity contribution >= 4 is 5.91 Å². The lowest BCUT2D eigenvalue weighted by atomic mass is 10.1. The fourth-order valence-corrected chi connectivity index (χ4v) is 3.20. The summed E-state index contributed by atoms with van der Waals surface area (Å²) in [5.41, 5.74) is 2.51. The molecule has 3 aromatic rings. The van der Waals surface area contributed by atoms with Crippen LogP contribution in [0.4, 0.5) is 13.2 Å². The lowest BCUT2D eigenvalue weighted by Gasteiger charge is -2.17. The van der Waals surface area contributed by atoms with Crippen LogP contribution in [0.1, 0.15) is 28.4 Å². The number of pyridine rings is 1. The summed E-state index contributed by atoms with van der Waals surface area (Å²) < 4.78 is 50.9. The number of fused-ring (bicyclic) bond motifs is 1. The Morgan fingerprint density at radius 3 is 2.76 bits per heavy atom. The van der Waals surface area contributed by atoms with Gasteiger partial charge in [0.2, 0.25) is 5.88 Å². The van der Waals surface area contributed by atoms with Crippen molar-refractivity contribution in [1.29, 1.82) is 0 Å². The van der Waals surface area contributed by atoms with Crippen LogP contribution in [-0.4, -0.2) is 28.3 Å². The van der Waals surface area contributed by atoms with Crippen molar-refractivity contribution in [2.45, 2.75) is 25.9 Å². The summed E-state index contributed by atoms with van der Waals surface area (Å²) in [6.07, 6.45) is 4.42. The first-order chi connectivity index (χ1) is 13.8. The molecule has 150 valence electrons. The van der Waals surface area contributed by atoms with Crippen LogP contribution in [-0.2, 0) is 13.1 Å². The Kier molecular flexibility index (Phi) is 4.77. The molecule has 0 N–H and O–H groups in total. The summed E-state index contributed by atoms with van der Waals surface area (Å²) in [7, 11) is 0. The Bertz CT molecular complexity index is 1050. The van der Waals surface area contributed by atoms with Gasteiger partial charge >= 0.3 is 0 Å². The summed E-state index contributed by atoms with van der Waals surface area (Å²) in [5, 5.41) is 0. The van der Waals surface area contributed by atoms with Crippen molar-refractivity contribution in [2.75, 3.05) is 6.61 Å². The van der Waals surface area contributed by atoms with Crippen molar-refractivity contribution in [1.82, 2.24) is 9.88 Å². The molecular formula is C21H17F3N2O3. The van der Waals surface area contributed by atoms with E-state index >= 15 is 0 Å². The molecule has 0 spiro atoms. The van der Waals surface area contributed by atoms with Crippen molar-refractivity contribution in [3.63, 3.8) is 0 Å². The van der Waals surface area contributed by atoms with Gasteiger partial charge in [0.15, 0.2) is 6.61 Å². The number of carbonyl (C=O) groups is 1. The van der Waals surface area contributed by atoms with Gasteiger partial charge in [-0.1, -0.05) is 12.1 Å². The number of alkyl halides is 2. The Labute approximate surface area is 164 Å². The average Bonchev–Trinajstić information content (AvgIpc) is 3.30. The van der Waals surface area contributed by atoms with Gasteiger partial charge < -0.3 is 14.1 Å². The van der Waals surface area contributed by atoms with Crippen LogP contribution >= 0.6 is 0 Å². The highest BCUT2D eigenvalue weighted by Crippen LogP contribution is 2.32. The number of halogens is 3. The van der Waals surface area contributed by atoms with Gasteiger partial charge in [0, 0.05) is 37.3 Å². The minimum atomic E-state index is -3.05. The number of furan rings is 1. The molecule has 0 saturated heterocycles. The van der Waals surface area contributed by atoms with E-state index in [9.17, 15) is 18.0 Å². The summed E-state index contributed by atoms with van der Waals surface area (Å²) in [4.78, 5) is 18.1. The molecule has 3 heterocycles. The third-order valence-electron chi connectivity index (χ3n) is 4.60. The molecule has 5 nitrogen and oxygen atoms in total. The number of ether oxygens (including phenoxy) is 1. The second kappa shape index (κ2) is 7.27. The Morgan fingerprint density at radius 2 is 2.07 bits per heavy atom. The normalized spacial score (nSPS) is 13.7. The maximum Gasteiger partial charge on any atom is 0.278 e. The van der Waals surface area contributed by atoms with Gasteiger partial charge in [-0.25, -0.2) is 18.2 Å². The fraction of sp³-hybridized carbons (Fsp3) is 0.238. The van der Waals surface area contributed by atoms with Crippen molar-refractivity contribution in [3.05, 3.63) is 71.6 Å². The molecule has 8 heteroatoms. The minimum Gasteiger partial charge on any atom is -0.472 e. The molecule has 29 heavy (non-hydrogen) atoms. The van der Waals surface area contributed by atoms with Crippen LogP contribution in [0.25, 0.3) is 11.1 Å². The first-order valence-corrected chi connectivity index (χ1v) is 8.90. The highest BCUT2D eigenvalue weighted by molar-refractivity contribution is 6.00. The van der Waals surface area contributed by atoms with E-state index in [0.29, 0.717) is 16.7 Å². The minimum absolute atomic E-state index is 0.0361. The Balaban J connectivity index is 1.53. The van der Waals surface area contributed by atoms with E-state index in [-0.39, 0.29) is 24.5 Å². The highest BCUT2D eigenvalue weighted by Gasteiger charge is 2.33. The molecular weight excluding hydrogens is 385 g/mol. The van der Waals surface area contributed by atoms with Crippen molar-refractivity contribution < 1.29 is 27.1 Å². The van der Waals surface area contributed by atoms with Crippen LogP contribution in [0.5, 0.6) is 5.88 Å². The van der Waals surface area contributed by atoms with Gasteiger partial charge in [-0.3, -0.25) is 4.79 Å². The van der Waals surface area contributed by atoms with Gasteiger partial charge in [0.25, 0.3) is 11.8 Å². The molecule has 0 saturated carbocycles. The number of aromatic nitrogens is 1. The van der Waals surface area contributed by atoms with Crippen LogP contribution in [0.3, 0.4) is 0 Å². The Morgan fingerprint density at radius 1 is 1.24 bits per heavy atom. The number of nitrogens with zero attached hydrogens (tertiary/aromatic N) is 2. The summed E-state index contributed by atoms with van der Waals surface area (Å²) in [5.74, 6) is -4.06. The second-order valence-electron chi connectivity index (χ2n) is 6.99. The fourth-order valence-electron chi connectivity index (χ4n) is 3.20. The number of rotatable bonds is 6. The molecule has 0 aliphatic carbocycles. The molecule has 1 amide bonds. The molecule has 1 aliphatic rings. The third-order valence-corrected chi connectivity index (χ3v) is 4.60. The number of carbonyl (C=O) groups excluding carboxylic acids is 1. The molecule has 0 bridgehead atoms. The number of benzene rings is 1. The molecule has 4 rings (SSSR count). The van der Waals surface area contributed by atoms with Crippen LogP contribution in [0.15, 0.2) is 53.5 Å². The van der Waals surface area contributed by atoms with E-state index in [4.69, 9.17) is 9.15 Å². The van der Waals surface area contributed by atoms with E-state index in [1.165, 1.54) is 29.7 Å². The number of amides is 1. The topological polar surface area (TPSA) is 55.6 Å². The van der Waals surface area contributed by atoms with Gasteiger partial charge in [0.05, 0.1) is 12.5 Å². The summed E-state index contributed by atoms with van der Waals surface area (Å²) >= 11 is 0. The lowest BCUT2D eigenvalue weighted by molar-refractivity contribution is -0.0245. The first kappa shape index (κ1) is 19.0. The Hall–Kier alpha value is -3.29. The van der Waals surface area contributed by atoms with Crippen molar-refractivity contribution in [2.24, 2.45) is 0 Å². The van der Waals surface area contributed by atoms with Gasteiger partial charge in [-0.2, -0.15) is 0 Å². The molecule has 0 radical (unpaired) electrons. The average molecular weight is 402 g/mol. The zero-order valence-corrected chi connectivity index (χ0v) is 15.5. The quantitative estimate of drug-likeness (QED) is 0.601. The molecule has 0 fully saturated rings. The third kappa shape index (κ3) is 3.96. The smallest absolute Gasteiger partial charge is 0.278 e. The number of hydrogen-bond donors (Lipinski definition) is 0. The molecule has 1 aliphatic heterocycles. The van der Waals surface area contributed by atoms with Crippen LogP contribution in [0.2, 0.25) is 0 Å². The van der Waals surface area contributed by atoms with Gasteiger partial charge in [0.1, 0.15) is 11.4 Å². The van der Waals surface area contributed by atoms with Crippen LogP contribution < -0.4 is 4.74 Å². The van der Waals surface area contributed by atoms with E-state index < -0.39 is 24.3 Å². The molecule has 0 atom stereocenters. The monoisotopic (exact) mass is 402 g/mol. The predicted molar refractivity (Wildman–Crippen MR) is 98.0 cm³/mol. The maximum atomic E-state index is 14.6. The van der Waals surface area contributed by atoms with Crippen molar-refractivity contribution in [3.8, 4) is 17.0 Å². The van der Waals surface area contributed by atoms with Gasteiger partial charge in [-0.05, 0) is 29.3 Å². The van der Waals surface area contributed by atoms with E-state index in [1.807, 2.05) is 0 Å². The second-order valence-corrected chi connectivity index (χ2v) is 6.99. The molecule has 2 aromatic heterocycles.